The van der Waals surface area contributed by atoms with Gasteiger partial charge in [0.1, 0.15) is 22.2 Å². The van der Waals surface area contributed by atoms with E-state index in [1.54, 1.807) is 7.11 Å². The number of nitrogens with zero attached hydrogens (tertiary/aromatic N) is 2. The van der Waals surface area contributed by atoms with Crippen molar-refractivity contribution in [1.82, 2.24) is 9.21 Å². The van der Waals surface area contributed by atoms with Crippen LogP contribution in [0.5, 0.6) is 11.5 Å². The van der Waals surface area contributed by atoms with Crippen molar-refractivity contribution in [1.29, 1.82) is 0 Å². The van der Waals surface area contributed by atoms with Gasteiger partial charge in [0.05, 0.1) is 13.7 Å². The molecule has 6 nitrogen and oxygen atoms in total. The van der Waals surface area contributed by atoms with E-state index >= 15 is 0 Å². The van der Waals surface area contributed by atoms with E-state index in [2.05, 4.69) is 4.90 Å². The summed E-state index contributed by atoms with van der Waals surface area (Å²) in [7, 11) is -2.16. The van der Waals surface area contributed by atoms with Crippen molar-refractivity contribution in [3.05, 3.63) is 54.3 Å². The van der Waals surface area contributed by atoms with E-state index in [1.165, 1.54) is 28.6 Å². The zero-order chi connectivity index (χ0) is 20.0. The van der Waals surface area contributed by atoms with Crippen LogP contribution in [0.3, 0.4) is 0 Å². The molecule has 28 heavy (non-hydrogen) atoms. The third kappa shape index (κ3) is 5.01. The van der Waals surface area contributed by atoms with Gasteiger partial charge in [-0.25, -0.2) is 12.8 Å². The molecule has 1 aliphatic rings. The standard InChI is InChI=1S/C20H25FN2O4S/c1-26-17-7-9-18(10-8-17)27-16-4-11-22-12-14-23(15-13-22)28(24,25)20-6-3-2-5-19(20)21/h2-3,5-10H,4,11-16H2,1H3. The van der Waals surface area contributed by atoms with Crippen molar-refractivity contribution >= 4 is 10.0 Å². The highest BCUT2D eigenvalue weighted by Gasteiger charge is 2.30. The van der Waals surface area contributed by atoms with Crippen molar-refractivity contribution in [3.63, 3.8) is 0 Å². The molecule has 0 bridgehead atoms. The molecule has 0 aliphatic carbocycles. The summed E-state index contributed by atoms with van der Waals surface area (Å²) in [6, 6.07) is 12.9. The monoisotopic (exact) mass is 408 g/mol. The minimum Gasteiger partial charge on any atom is -0.497 e. The maximum Gasteiger partial charge on any atom is 0.246 e. The van der Waals surface area contributed by atoms with E-state index in [1.807, 2.05) is 24.3 Å². The highest BCUT2D eigenvalue weighted by molar-refractivity contribution is 7.89. The Morgan fingerprint density at radius 3 is 2.25 bits per heavy atom. The van der Waals surface area contributed by atoms with Crippen molar-refractivity contribution < 1.29 is 22.3 Å². The molecule has 8 heteroatoms. The Morgan fingerprint density at radius 2 is 1.61 bits per heavy atom. The zero-order valence-corrected chi connectivity index (χ0v) is 16.7. The van der Waals surface area contributed by atoms with Crippen LogP contribution < -0.4 is 9.47 Å². The highest BCUT2D eigenvalue weighted by Crippen LogP contribution is 2.20. The van der Waals surface area contributed by atoms with Gasteiger partial charge in [0.2, 0.25) is 10.0 Å². The minimum absolute atomic E-state index is 0.253. The van der Waals surface area contributed by atoms with E-state index in [4.69, 9.17) is 9.47 Å². The highest BCUT2D eigenvalue weighted by atomic mass is 32.2. The Labute approximate surface area is 165 Å². The number of ether oxygens (including phenoxy) is 2. The van der Waals surface area contributed by atoms with Crippen molar-refractivity contribution in [2.45, 2.75) is 11.3 Å². The number of methoxy groups -OCH3 is 1. The normalized spacial score (nSPS) is 16.1. The Bertz CT molecular complexity index is 866. The van der Waals surface area contributed by atoms with Crippen LogP contribution in [-0.2, 0) is 10.0 Å². The SMILES string of the molecule is COc1ccc(OCCCN2CCN(S(=O)(=O)c3ccccc3F)CC2)cc1. The van der Waals surface area contributed by atoms with Crippen LogP contribution in [0.25, 0.3) is 0 Å². The quantitative estimate of drug-likeness (QED) is 0.629. The van der Waals surface area contributed by atoms with Gasteiger partial charge in [-0.15, -0.1) is 0 Å². The first kappa shape index (κ1) is 20.6. The third-order valence-electron chi connectivity index (χ3n) is 4.73. The summed E-state index contributed by atoms with van der Waals surface area (Å²) in [5, 5.41) is 0. The predicted octanol–water partition coefficient (Wildman–Crippen LogP) is 2.61. The van der Waals surface area contributed by atoms with Crippen LogP contribution in [0.2, 0.25) is 0 Å². The van der Waals surface area contributed by atoms with Gasteiger partial charge in [-0.3, -0.25) is 0 Å². The number of sulfonamides is 1. The largest absolute Gasteiger partial charge is 0.497 e. The number of benzene rings is 2. The van der Waals surface area contributed by atoms with Crippen molar-refractivity contribution in [2.75, 3.05) is 46.4 Å². The molecule has 1 fully saturated rings. The molecular weight excluding hydrogens is 383 g/mol. The first-order chi connectivity index (χ1) is 13.5. The summed E-state index contributed by atoms with van der Waals surface area (Å²) in [6.07, 6.45) is 0.839. The van der Waals surface area contributed by atoms with Gasteiger partial charge in [-0.05, 0) is 42.8 Å². The van der Waals surface area contributed by atoms with E-state index in [9.17, 15) is 12.8 Å². The van der Waals surface area contributed by atoms with Gasteiger partial charge in [0.15, 0.2) is 0 Å². The van der Waals surface area contributed by atoms with E-state index in [0.717, 1.165) is 24.5 Å². The molecule has 0 aromatic heterocycles. The van der Waals surface area contributed by atoms with Gasteiger partial charge >= 0.3 is 0 Å². The number of rotatable bonds is 8. The Balaban J connectivity index is 1.42. The summed E-state index contributed by atoms with van der Waals surface area (Å²) in [5.41, 5.74) is 0. The lowest BCUT2D eigenvalue weighted by Gasteiger charge is -2.34. The van der Waals surface area contributed by atoms with Crippen molar-refractivity contribution in [2.24, 2.45) is 0 Å². The molecule has 0 spiro atoms. The number of piperazine rings is 1. The minimum atomic E-state index is -3.79. The summed E-state index contributed by atoms with van der Waals surface area (Å²) >= 11 is 0. The average Bonchev–Trinajstić information content (AvgIpc) is 2.72. The Hall–Kier alpha value is -2.16. The molecule has 1 aliphatic heterocycles. The zero-order valence-electron chi connectivity index (χ0n) is 15.9. The maximum absolute atomic E-state index is 13.9. The first-order valence-corrected chi connectivity index (χ1v) is 10.7. The molecule has 0 N–H and O–H groups in total. The predicted molar refractivity (Wildman–Crippen MR) is 105 cm³/mol. The fourth-order valence-electron chi connectivity index (χ4n) is 3.14. The molecule has 152 valence electrons. The van der Waals surface area contributed by atoms with Crippen LogP contribution in [0.1, 0.15) is 6.42 Å². The molecule has 0 saturated carbocycles. The lowest BCUT2D eigenvalue weighted by atomic mass is 10.3. The second-order valence-corrected chi connectivity index (χ2v) is 8.46. The second-order valence-electron chi connectivity index (χ2n) is 6.55. The van der Waals surface area contributed by atoms with E-state index in [-0.39, 0.29) is 4.90 Å². The molecule has 0 unspecified atom stereocenters. The molecule has 2 aromatic rings. The smallest absolute Gasteiger partial charge is 0.246 e. The van der Waals surface area contributed by atoms with Gasteiger partial charge < -0.3 is 14.4 Å². The summed E-state index contributed by atoms with van der Waals surface area (Å²) in [6.45, 7) is 3.36. The Morgan fingerprint density at radius 1 is 0.964 bits per heavy atom. The summed E-state index contributed by atoms with van der Waals surface area (Å²) in [4.78, 5) is 1.95. The van der Waals surface area contributed by atoms with Gasteiger partial charge in [-0.2, -0.15) is 4.31 Å². The molecule has 0 radical (unpaired) electrons. The molecule has 1 heterocycles. The number of hydrogen-bond acceptors (Lipinski definition) is 5. The lowest BCUT2D eigenvalue weighted by molar-refractivity contribution is 0.174. The summed E-state index contributed by atoms with van der Waals surface area (Å²) in [5.74, 6) is 0.873. The van der Waals surface area contributed by atoms with Crippen LogP contribution >= 0.6 is 0 Å². The summed E-state index contributed by atoms with van der Waals surface area (Å²) < 4.78 is 51.3. The number of halogens is 1. The average molecular weight is 408 g/mol. The van der Waals surface area contributed by atoms with Gasteiger partial charge in [0.25, 0.3) is 0 Å². The van der Waals surface area contributed by atoms with Gasteiger partial charge in [0, 0.05) is 32.7 Å². The topological polar surface area (TPSA) is 59.1 Å². The van der Waals surface area contributed by atoms with Crippen LogP contribution in [-0.4, -0.2) is 64.1 Å². The van der Waals surface area contributed by atoms with Crippen LogP contribution in [0.4, 0.5) is 4.39 Å². The molecule has 3 rings (SSSR count). The maximum atomic E-state index is 13.9. The molecule has 2 aromatic carbocycles. The van der Waals surface area contributed by atoms with Crippen molar-refractivity contribution in [3.8, 4) is 11.5 Å². The van der Waals surface area contributed by atoms with E-state index < -0.39 is 15.8 Å². The third-order valence-corrected chi connectivity index (χ3v) is 6.66. The van der Waals surface area contributed by atoms with Gasteiger partial charge in [-0.1, -0.05) is 12.1 Å². The fourth-order valence-corrected chi connectivity index (χ4v) is 4.62. The molecule has 0 amide bonds. The van der Waals surface area contributed by atoms with Crippen LogP contribution in [0, 0.1) is 5.82 Å². The van der Waals surface area contributed by atoms with Crippen LogP contribution in [0.15, 0.2) is 53.4 Å². The molecular formula is C20H25FN2O4S. The fraction of sp³-hybridized carbons (Fsp3) is 0.400. The molecule has 0 atom stereocenters. The number of hydrogen-bond donors (Lipinski definition) is 0. The van der Waals surface area contributed by atoms with E-state index in [0.29, 0.717) is 32.8 Å². The Kier molecular flexibility index (Phi) is 6.88. The first-order valence-electron chi connectivity index (χ1n) is 9.24. The molecule has 1 saturated heterocycles. The lowest BCUT2D eigenvalue weighted by Crippen LogP contribution is -2.49. The second kappa shape index (κ2) is 9.36.